The van der Waals surface area contributed by atoms with Crippen LogP contribution in [-0.2, 0) is 4.79 Å². The Bertz CT molecular complexity index is 215. The molecular formula is C13H24O2. The van der Waals surface area contributed by atoms with Crippen molar-refractivity contribution >= 4 is 5.97 Å². The molecule has 1 aliphatic carbocycles. The molecule has 2 heteroatoms. The van der Waals surface area contributed by atoms with Gasteiger partial charge in [-0.25, -0.2) is 0 Å². The van der Waals surface area contributed by atoms with Crippen LogP contribution in [0.1, 0.15) is 59.3 Å². The summed E-state index contributed by atoms with van der Waals surface area (Å²) in [6.45, 7) is 6.75. The Morgan fingerprint density at radius 2 is 1.73 bits per heavy atom. The van der Waals surface area contributed by atoms with E-state index in [0.29, 0.717) is 23.7 Å². The maximum atomic E-state index is 10.8. The van der Waals surface area contributed by atoms with Crippen molar-refractivity contribution in [1.82, 2.24) is 0 Å². The second-order valence-corrected chi connectivity index (χ2v) is 6.17. The van der Waals surface area contributed by atoms with Crippen molar-refractivity contribution in [2.24, 2.45) is 17.3 Å². The third-order valence-electron chi connectivity index (χ3n) is 3.38. The summed E-state index contributed by atoms with van der Waals surface area (Å²) >= 11 is 0. The highest BCUT2D eigenvalue weighted by Crippen LogP contribution is 2.39. The molecule has 0 spiro atoms. The van der Waals surface area contributed by atoms with E-state index in [-0.39, 0.29) is 0 Å². The van der Waals surface area contributed by atoms with Gasteiger partial charge in [0.15, 0.2) is 0 Å². The van der Waals surface area contributed by atoms with Gasteiger partial charge in [0.1, 0.15) is 0 Å². The van der Waals surface area contributed by atoms with Crippen LogP contribution in [0.2, 0.25) is 0 Å². The van der Waals surface area contributed by atoms with E-state index >= 15 is 0 Å². The van der Waals surface area contributed by atoms with Crippen LogP contribution in [0.15, 0.2) is 0 Å². The molecule has 15 heavy (non-hydrogen) atoms. The number of carbonyl (C=O) groups is 1. The number of hydrogen-bond donors (Lipinski definition) is 1. The highest BCUT2D eigenvalue weighted by atomic mass is 16.4. The molecule has 0 amide bonds. The maximum Gasteiger partial charge on any atom is 0.303 e. The molecule has 0 aromatic rings. The summed E-state index contributed by atoms with van der Waals surface area (Å²) in [7, 11) is 0. The van der Waals surface area contributed by atoms with Crippen LogP contribution >= 0.6 is 0 Å². The number of hydrogen-bond acceptors (Lipinski definition) is 1. The van der Waals surface area contributed by atoms with E-state index in [1.165, 1.54) is 25.7 Å². The Hall–Kier alpha value is -0.530. The average molecular weight is 212 g/mol. The van der Waals surface area contributed by atoms with Crippen LogP contribution < -0.4 is 0 Å². The molecule has 0 aromatic heterocycles. The second kappa shape index (κ2) is 5.00. The molecule has 0 bridgehead atoms. The Morgan fingerprint density at radius 1 is 1.20 bits per heavy atom. The average Bonchev–Trinajstić information content (AvgIpc) is 2.05. The van der Waals surface area contributed by atoms with Crippen molar-refractivity contribution < 1.29 is 9.90 Å². The molecule has 0 aromatic carbocycles. The Morgan fingerprint density at radius 3 is 2.20 bits per heavy atom. The van der Waals surface area contributed by atoms with Gasteiger partial charge in [0.2, 0.25) is 0 Å². The first-order chi connectivity index (χ1) is 6.88. The lowest BCUT2D eigenvalue weighted by Gasteiger charge is -2.35. The Balaban J connectivity index is 2.53. The van der Waals surface area contributed by atoms with Gasteiger partial charge in [-0.3, -0.25) is 4.79 Å². The van der Waals surface area contributed by atoms with Gasteiger partial charge in [0, 0.05) is 6.42 Å². The summed E-state index contributed by atoms with van der Waals surface area (Å²) in [5, 5.41) is 8.88. The zero-order valence-corrected chi connectivity index (χ0v) is 10.3. The number of aliphatic carboxylic acids is 1. The van der Waals surface area contributed by atoms with Crippen LogP contribution in [0.5, 0.6) is 0 Å². The predicted octanol–water partition coefficient (Wildman–Crippen LogP) is 3.70. The minimum atomic E-state index is -0.624. The fourth-order valence-electron chi connectivity index (χ4n) is 2.83. The molecule has 88 valence electrons. The minimum absolute atomic E-state index is 0.332. The van der Waals surface area contributed by atoms with E-state index in [9.17, 15) is 4.79 Å². The zero-order chi connectivity index (χ0) is 11.5. The molecule has 1 fully saturated rings. The van der Waals surface area contributed by atoms with Crippen molar-refractivity contribution in [2.45, 2.75) is 59.3 Å². The quantitative estimate of drug-likeness (QED) is 0.774. The van der Waals surface area contributed by atoms with Crippen molar-refractivity contribution in [3.8, 4) is 0 Å². The van der Waals surface area contributed by atoms with Crippen LogP contribution in [0.4, 0.5) is 0 Å². The summed E-state index contributed by atoms with van der Waals surface area (Å²) in [5.41, 5.74) is 0.332. The smallest absolute Gasteiger partial charge is 0.303 e. The molecule has 1 N–H and O–H groups in total. The zero-order valence-electron chi connectivity index (χ0n) is 10.3. The van der Waals surface area contributed by atoms with Crippen molar-refractivity contribution in [3.63, 3.8) is 0 Å². The molecule has 2 atom stereocenters. The third-order valence-corrected chi connectivity index (χ3v) is 3.38. The number of carboxylic acid groups (broad SMARTS) is 1. The van der Waals surface area contributed by atoms with Gasteiger partial charge < -0.3 is 5.11 Å². The lowest BCUT2D eigenvalue weighted by atomic mass is 9.70. The summed E-state index contributed by atoms with van der Waals surface area (Å²) < 4.78 is 0. The molecule has 2 nitrogen and oxygen atoms in total. The van der Waals surface area contributed by atoms with Crippen LogP contribution in [0.25, 0.3) is 0 Å². The first kappa shape index (κ1) is 12.5. The summed E-state index contributed by atoms with van der Waals surface area (Å²) in [5.74, 6) is 0.436. The monoisotopic (exact) mass is 212 g/mol. The molecular weight excluding hydrogens is 188 g/mol. The van der Waals surface area contributed by atoms with E-state index in [1.807, 2.05) is 0 Å². The molecule has 1 rings (SSSR count). The van der Waals surface area contributed by atoms with Gasteiger partial charge in [-0.05, 0) is 30.1 Å². The molecule has 1 aliphatic rings. The molecule has 0 radical (unpaired) electrons. The van der Waals surface area contributed by atoms with Crippen molar-refractivity contribution in [3.05, 3.63) is 0 Å². The van der Waals surface area contributed by atoms with Crippen molar-refractivity contribution in [1.29, 1.82) is 0 Å². The first-order valence-corrected chi connectivity index (χ1v) is 6.10. The molecule has 0 aliphatic heterocycles. The first-order valence-electron chi connectivity index (χ1n) is 6.10. The Labute approximate surface area is 93.1 Å². The van der Waals surface area contributed by atoms with Crippen LogP contribution in [0, 0.1) is 17.3 Å². The van der Waals surface area contributed by atoms with Gasteiger partial charge in [-0.15, -0.1) is 0 Å². The predicted molar refractivity (Wildman–Crippen MR) is 61.8 cm³/mol. The maximum absolute atomic E-state index is 10.8. The lowest BCUT2D eigenvalue weighted by molar-refractivity contribution is -0.139. The van der Waals surface area contributed by atoms with Gasteiger partial charge in [-0.2, -0.15) is 0 Å². The van der Waals surface area contributed by atoms with Gasteiger partial charge in [0.25, 0.3) is 0 Å². The molecule has 1 saturated carbocycles. The SMILES string of the molecule is CC(C)(C)CC1CCCCC1CC(=O)O. The van der Waals surface area contributed by atoms with Gasteiger partial charge in [0.05, 0.1) is 0 Å². The summed E-state index contributed by atoms with van der Waals surface area (Å²) in [4.78, 5) is 10.8. The summed E-state index contributed by atoms with van der Waals surface area (Å²) in [6.07, 6.45) is 6.41. The molecule has 0 saturated heterocycles. The third kappa shape index (κ3) is 4.67. The Kier molecular flexibility index (Phi) is 4.18. The topological polar surface area (TPSA) is 37.3 Å². The van der Waals surface area contributed by atoms with Gasteiger partial charge >= 0.3 is 5.97 Å². The van der Waals surface area contributed by atoms with E-state index < -0.39 is 5.97 Å². The lowest BCUT2D eigenvalue weighted by Crippen LogP contribution is -2.26. The van der Waals surface area contributed by atoms with Crippen molar-refractivity contribution in [2.75, 3.05) is 0 Å². The van der Waals surface area contributed by atoms with E-state index in [4.69, 9.17) is 5.11 Å². The van der Waals surface area contributed by atoms with E-state index in [0.717, 1.165) is 6.42 Å². The fraction of sp³-hybridized carbons (Fsp3) is 0.923. The summed E-state index contributed by atoms with van der Waals surface area (Å²) in [6, 6.07) is 0. The van der Waals surface area contributed by atoms with E-state index in [1.54, 1.807) is 0 Å². The molecule has 2 unspecified atom stereocenters. The molecule has 0 heterocycles. The number of rotatable bonds is 3. The largest absolute Gasteiger partial charge is 0.481 e. The number of carboxylic acids is 1. The highest BCUT2D eigenvalue weighted by molar-refractivity contribution is 5.67. The standard InChI is InChI=1S/C13H24O2/c1-13(2,3)9-11-7-5-4-6-10(11)8-12(14)15/h10-11H,4-9H2,1-3H3,(H,14,15). The van der Waals surface area contributed by atoms with Gasteiger partial charge in [-0.1, -0.05) is 40.0 Å². The van der Waals surface area contributed by atoms with Crippen LogP contribution in [-0.4, -0.2) is 11.1 Å². The van der Waals surface area contributed by atoms with Crippen LogP contribution in [0.3, 0.4) is 0 Å². The minimum Gasteiger partial charge on any atom is -0.481 e. The second-order valence-electron chi connectivity index (χ2n) is 6.17. The highest BCUT2D eigenvalue weighted by Gasteiger charge is 2.29. The normalized spacial score (nSPS) is 27.7. The fourth-order valence-corrected chi connectivity index (χ4v) is 2.83. The van der Waals surface area contributed by atoms with E-state index in [2.05, 4.69) is 20.8 Å².